The maximum Gasteiger partial charge on any atom is 0.257 e. The van der Waals surface area contributed by atoms with Gasteiger partial charge < -0.3 is 9.80 Å². The molecule has 170 valence electrons. The zero-order valence-corrected chi connectivity index (χ0v) is 19.2. The third kappa shape index (κ3) is 3.74. The van der Waals surface area contributed by atoms with Crippen molar-refractivity contribution in [2.45, 2.75) is 44.9 Å². The van der Waals surface area contributed by atoms with E-state index >= 15 is 0 Å². The number of fused-ring (bicyclic) bond motifs is 3. The molecule has 1 amide bonds. The zero-order chi connectivity index (χ0) is 22.4. The molecule has 2 fully saturated rings. The lowest BCUT2D eigenvalue weighted by molar-refractivity contribution is 0.0642. The first-order valence-electron chi connectivity index (χ1n) is 12.3. The molecule has 0 radical (unpaired) electrons. The van der Waals surface area contributed by atoms with Crippen molar-refractivity contribution in [2.75, 3.05) is 32.7 Å². The van der Waals surface area contributed by atoms with E-state index in [4.69, 9.17) is 9.97 Å². The van der Waals surface area contributed by atoms with Crippen LogP contribution in [0.25, 0.3) is 17.2 Å². The average molecular weight is 443 g/mol. The predicted molar refractivity (Wildman–Crippen MR) is 127 cm³/mol. The number of amides is 1. The van der Waals surface area contributed by atoms with E-state index in [1.54, 1.807) is 6.20 Å². The molecule has 0 spiro atoms. The van der Waals surface area contributed by atoms with E-state index < -0.39 is 0 Å². The molecule has 1 aromatic carbocycles. The van der Waals surface area contributed by atoms with Crippen molar-refractivity contribution in [1.29, 1.82) is 0 Å². The van der Waals surface area contributed by atoms with E-state index in [1.807, 2.05) is 15.8 Å². The lowest BCUT2D eigenvalue weighted by atomic mass is 10.0. The molecule has 0 unspecified atom stereocenters. The first kappa shape index (κ1) is 20.5. The highest BCUT2D eigenvalue weighted by molar-refractivity contribution is 5.95. The number of hydrogen-bond acceptors (Lipinski definition) is 5. The molecule has 3 aromatic rings. The van der Waals surface area contributed by atoms with Crippen molar-refractivity contribution in [3.8, 4) is 17.2 Å². The summed E-state index contributed by atoms with van der Waals surface area (Å²) in [5.74, 6) is 1.03. The standard InChI is InChI=1S/C26H30N6O/c1-2-30-12-14-31(15-13-30)25(33)22-17-28-32(24(22)19-10-11-19)26-27-16-20-8-5-7-18-6-3-4-9-21(18)23(20)29-26/h3-4,6,9,16-17,19H,2,5,7-8,10-15H2,1H3. The summed E-state index contributed by atoms with van der Waals surface area (Å²) in [4.78, 5) is 27.5. The molecule has 7 heteroatoms. The molecule has 33 heavy (non-hydrogen) atoms. The number of hydrogen-bond donors (Lipinski definition) is 0. The molecular formula is C26H30N6O. The number of carbonyl (C=O) groups excluding carboxylic acids is 1. The molecular weight excluding hydrogens is 412 g/mol. The van der Waals surface area contributed by atoms with E-state index in [0.29, 0.717) is 11.9 Å². The maximum absolute atomic E-state index is 13.4. The monoisotopic (exact) mass is 442 g/mol. The minimum absolute atomic E-state index is 0.0963. The minimum atomic E-state index is 0.0963. The number of piperazine rings is 1. The molecule has 6 rings (SSSR count). The highest BCUT2D eigenvalue weighted by Gasteiger charge is 2.35. The van der Waals surface area contributed by atoms with Crippen molar-refractivity contribution < 1.29 is 4.79 Å². The van der Waals surface area contributed by atoms with Gasteiger partial charge in [-0.3, -0.25) is 4.79 Å². The number of nitrogens with zero attached hydrogens (tertiary/aromatic N) is 6. The summed E-state index contributed by atoms with van der Waals surface area (Å²) in [5, 5.41) is 4.66. The molecule has 2 aliphatic carbocycles. The number of benzene rings is 1. The summed E-state index contributed by atoms with van der Waals surface area (Å²) in [5.41, 5.74) is 6.44. The summed E-state index contributed by atoms with van der Waals surface area (Å²) in [6, 6.07) is 8.54. The Labute approximate surface area is 194 Å². The van der Waals surface area contributed by atoms with Crippen LogP contribution in [0.3, 0.4) is 0 Å². The van der Waals surface area contributed by atoms with Gasteiger partial charge in [-0.25, -0.2) is 14.6 Å². The molecule has 1 aliphatic heterocycles. The van der Waals surface area contributed by atoms with Crippen molar-refractivity contribution in [3.05, 3.63) is 59.0 Å². The van der Waals surface area contributed by atoms with Crippen molar-refractivity contribution in [3.63, 3.8) is 0 Å². The van der Waals surface area contributed by atoms with E-state index in [9.17, 15) is 4.79 Å². The minimum Gasteiger partial charge on any atom is -0.336 e. The van der Waals surface area contributed by atoms with Gasteiger partial charge in [-0.15, -0.1) is 0 Å². The second kappa shape index (κ2) is 8.37. The van der Waals surface area contributed by atoms with Gasteiger partial charge in [0, 0.05) is 43.9 Å². The van der Waals surface area contributed by atoms with Crippen LogP contribution in [0.15, 0.2) is 36.7 Å². The largest absolute Gasteiger partial charge is 0.336 e. The zero-order valence-electron chi connectivity index (χ0n) is 19.2. The van der Waals surface area contributed by atoms with Crippen molar-refractivity contribution in [1.82, 2.24) is 29.5 Å². The molecule has 0 N–H and O–H groups in total. The quantitative estimate of drug-likeness (QED) is 0.619. The molecule has 0 bridgehead atoms. The van der Waals surface area contributed by atoms with Crippen molar-refractivity contribution >= 4 is 5.91 Å². The van der Waals surface area contributed by atoms with Crippen LogP contribution in [0, 0.1) is 0 Å². The Balaban J connectivity index is 1.37. The summed E-state index contributed by atoms with van der Waals surface area (Å²) in [6.07, 6.45) is 9.01. The van der Waals surface area contributed by atoms with Crippen LogP contribution in [0.4, 0.5) is 0 Å². The number of aryl methyl sites for hydroxylation is 2. The molecule has 3 heterocycles. The lowest BCUT2D eigenvalue weighted by Crippen LogP contribution is -2.48. The van der Waals surface area contributed by atoms with E-state index in [-0.39, 0.29) is 5.91 Å². The van der Waals surface area contributed by atoms with Gasteiger partial charge in [-0.05, 0) is 49.8 Å². The van der Waals surface area contributed by atoms with Crippen LogP contribution in [-0.2, 0) is 12.8 Å². The van der Waals surface area contributed by atoms with Gasteiger partial charge in [-0.1, -0.05) is 31.2 Å². The Morgan fingerprint density at radius 2 is 1.82 bits per heavy atom. The summed E-state index contributed by atoms with van der Waals surface area (Å²) in [6.45, 7) is 6.62. The third-order valence-electron chi connectivity index (χ3n) is 7.31. The molecule has 3 aliphatic rings. The van der Waals surface area contributed by atoms with E-state index in [0.717, 1.165) is 81.8 Å². The summed E-state index contributed by atoms with van der Waals surface area (Å²) < 4.78 is 1.83. The first-order chi connectivity index (χ1) is 16.2. The van der Waals surface area contributed by atoms with E-state index in [1.165, 1.54) is 16.7 Å². The van der Waals surface area contributed by atoms with Crippen LogP contribution in [0.2, 0.25) is 0 Å². The van der Waals surface area contributed by atoms with Gasteiger partial charge >= 0.3 is 0 Å². The summed E-state index contributed by atoms with van der Waals surface area (Å²) >= 11 is 0. The fourth-order valence-electron chi connectivity index (χ4n) is 5.22. The Morgan fingerprint density at radius 1 is 1.03 bits per heavy atom. The Bertz CT molecular complexity index is 1190. The molecule has 1 saturated heterocycles. The second-order valence-corrected chi connectivity index (χ2v) is 9.41. The van der Waals surface area contributed by atoms with Crippen LogP contribution in [0.5, 0.6) is 0 Å². The lowest BCUT2D eigenvalue weighted by Gasteiger charge is -2.34. The topological polar surface area (TPSA) is 67.2 Å². The maximum atomic E-state index is 13.4. The van der Waals surface area contributed by atoms with Gasteiger partial charge in [0.15, 0.2) is 0 Å². The van der Waals surface area contributed by atoms with Gasteiger partial charge in [0.05, 0.1) is 23.1 Å². The number of rotatable bonds is 4. The van der Waals surface area contributed by atoms with Gasteiger partial charge in [0.1, 0.15) is 0 Å². The molecule has 0 atom stereocenters. The summed E-state index contributed by atoms with van der Waals surface area (Å²) in [7, 11) is 0. The fourth-order valence-corrected chi connectivity index (χ4v) is 5.22. The Kier molecular flexibility index (Phi) is 5.21. The number of aromatic nitrogens is 4. The molecule has 7 nitrogen and oxygen atoms in total. The smallest absolute Gasteiger partial charge is 0.257 e. The average Bonchev–Trinajstić information content (AvgIpc) is 3.64. The normalized spacial score (nSPS) is 18.5. The third-order valence-corrected chi connectivity index (χ3v) is 7.31. The highest BCUT2D eigenvalue weighted by atomic mass is 16.2. The van der Waals surface area contributed by atoms with Gasteiger partial charge in [-0.2, -0.15) is 5.10 Å². The van der Waals surface area contributed by atoms with Gasteiger partial charge in [0.2, 0.25) is 0 Å². The van der Waals surface area contributed by atoms with Crippen LogP contribution < -0.4 is 0 Å². The van der Waals surface area contributed by atoms with E-state index in [2.05, 4.69) is 41.2 Å². The van der Waals surface area contributed by atoms with Crippen LogP contribution in [0.1, 0.15) is 59.3 Å². The Hall–Kier alpha value is -3.06. The molecule has 2 aromatic heterocycles. The Morgan fingerprint density at radius 3 is 2.61 bits per heavy atom. The molecule has 1 saturated carbocycles. The van der Waals surface area contributed by atoms with Crippen LogP contribution >= 0.6 is 0 Å². The number of likely N-dealkylation sites (N-methyl/N-ethyl adjacent to an activating group) is 1. The van der Waals surface area contributed by atoms with Crippen molar-refractivity contribution in [2.24, 2.45) is 0 Å². The highest BCUT2D eigenvalue weighted by Crippen LogP contribution is 2.43. The SMILES string of the molecule is CCN1CCN(C(=O)c2cnn(-c3ncc4c(n3)-c3ccccc3CCC4)c2C2CC2)CC1. The number of carbonyl (C=O) groups is 1. The van der Waals surface area contributed by atoms with Crippen LogP contribution in [-0.4, -0.2) is 68.2 Å². The predicted octanol–water partition coefficient (Wildman–Crippen LogP) is 3.47. The first-order valence-corrected chi connectivity index (χ1v) is 12.3. The second-order valence-electron chi connectivity index (χ2n) is 9.41. The van der Waals surface area contributed by atoms with Gasteiger partial charge in [0.25, 0.3) is 11.9 Å². The fraction of sp³-hybridized carbons (Fsp3) is 0.462.